The average Bonchev–Trinajstić information content (AvgIpc) is 3.99. The summed E-state index contributed by atoms with van der Waals surface area (Å²) in [6.45, 7) is 4.70. The number of rotatable bonds is 17. The first-order chi connectivity index (χ1) is 28.9. The fourth-order valence-electron chi connectivity index (χ4n) is 9.10. The number of alkyl halides is 1. The molecule has 2 N–H and O–H groups in total. The molecule has 2 atom stereocenters. The second-order valence-corrected chi connectivity index (χ2v) is 17.0. The Bertz CT molecular complexity index is 2040. The minimum Gasteiger partial charge on any atom is -0.457 e. The predicted molar refractivity (Wildman–Crippen MR) is 233 cm³/mol. The number of carbonyl (C=O) groups is 4. The molecular formula is C46H57ClN6O7. The third kappa shape index (κ3) is 8.49. The lowest BCUT2D eigenvalue weighted by atomic mass is 9.67. The van der Waals surface area contributed by atoms with E-state index in [2.05, 4.69) is 15.1 Å². The molecule has 2 unspecified atom stereocenters. The predicted octanol–water partition coefficient (Wildman–Crippen LogP) is 5.73. The number of amides is 3. The number of anilines is 2. The topological polar surface area (TPSA) is 145 Å². The van der Waals surface area contributed by atoms with Gasteiger partial charge in [-0.25, -0.2) is 0 Å². The number of nitrogens with zero attached hydrogens (tertiary/aromatic N) is 4. The van der Waals surface area contributed by atoms with Gasteiger partial charge in [-0.05, 0) is 61.6 Å². The molecule has 1 spiro atoms. The first-order valence-corrected chi connectivity index (χ1v) is 21.7. The van der Waals surface area contributed by atoms with Gasteiger partial charge in [-0.15, -0.1) is 11.6 Å². The lowest BCUT2D eigenvalue weighted by Gasteiger charge is -2.39. The molecule has 60 heavy (non-hydrogen) atoms. The number of halogens is 1. The largest absolute Gasteiger partial charge is 0.457 e. The summed E-state index contributed by atoms with van der Waals surface area (Å²) in [6, 6.07) is 16.7. The van der Waals surface area contributed by atoms with Crippen LogP contribution in [-0.4, -0.2) is 132 Å². The number of hydrogen-bond donors (Lipinski definition) is 2. The summed E-state index contributed by atoms with van der Waals surface area (Å²) in [6.07, 6.45) is 5.67. The zero-order valence-electron chi connectivity index (χ0n) is 35.2. The van der Waals surface area contributed by atoms with E-state index in [0.29, 0.717) is 97.8 Å². The molecule has 2 fully saturated rings. The zero-order chi connectivity index (χ0) is 42.6. The Balaban J connectivity index is 1.16. The van der Waals surface area contributed by atoms with Gasteiger partial charge in [0.25, 0.3) is 5.91 Å². The summed E-state index contributed by atoms with van der Waals surface area (Å²) in [5.41, 5.74) is 2.79. The molecule has 13 nitrogen and oxygen atoms in total. The van der Waals surface area contributed by atoms with Gasteiger partial charge in [-0.3, -0.25) is 24.6 Å². The van der Waals surface area contributed by atoms with E-state index in [9.17, 15) is 24.6 Å². The Morgan fingerprint density at radius 2 is 1.33 bits per heavy atom. The molecule has 0 bridgehead atoms. The summed E-state index contributed by atoms with van der Waals surface area (Å²) in [4.78, 5) is 61.1. The number of unbranched alkanes of at least 4 members (excludes halogenated alkanes) is 3. The highest BCUT2D eigenvalue weighted by Gasteiger charge is 2.56. The summed E-state index contributed by atoms with van der Waals surface area (Å²) in [5.74, 6) is 0.883. The molecule has 14 heteroatoms. The summed E-state index contributed by atoms with van der Waals surface area (Å²) < 4.78 is 18.1. The Kier molecular flexibility index (Phi) is 13.5. The van der Waals surface area contributed by atoms with Gasteiger partial charge < -0.3 is 39.1 Å². The SMILES string of the molecule is CN(C)C(=O)C1CCN(c2ccc3c(c2)Oc2cc(N4CCC(C(=O)N(C)C)C4)ccc2C32C(=N)C(=O)c3ccc(C(=O)NCCOCCOCCCCCCCl)cc32)C1. The van der Waals surface area contributed by atoms with Gasteiger partial charge in [0.15, 0.2) is 0 Å². The van der Waals surface area contributed by atoms with E-state index in [1.165, 1.54) is 0 Å². The van der Waals surface area contributed by atoms with Gasteiger partial charge in [0, 0.05) is 119 Å². The smallest absolute Gasteiger partial charge is 0.251 e. The van der Waals surface area contributed by atoms with Gasteiger partial charge in [0.05, 0.1) is 42.8 Å². The molecule has 2 saturated heterocycles. The van der Waals surface area contributed by atoms with Crippen molar-refractivity contribution in [2.75, 3.05) is 103 Å². The average molecular weight is 841 g/mol. The molecule has 3 heterocycles. The third-order valence-electron chi connectivity index (χ3n) is 12.3. The summed E-state index contributed by atoms with van der Waals surface area (Å²) in [5, 5.41) is 12.5. The van der Waals surface area contributed by atoms with Crippen molar-refractivity contribution in [2.45, 2.75) is 43.9 Å². The maximum atomic E-state index is 14.1. The van der Waals surface area contributed by atoms with Crippen LogP contribution in [0.5, 0.6) is 11.5 Å². The van der Waals surface area contributed by atoms with Crippen molar-refractivity contribution in [2.24, 2.45) is 11.8 Å². The number of hydrogen-bond acceptors (Lipinski definition) is 10. The molecule has 1 aliphatic carbocycles. The number of nitrogens with one attached hydrogen (secondary N) is 2. The maximum absolute atomic E-state index is 14.1. The van der Waals surface area contributed by atoms with Crippen LogP contribution in [0.4, 0.5) is 11.4 Å². The van der Waals surface area contributed by atoms with Crippen molar-refractivity contribution in [3.63, 3.8) is 0 Å². The van der Waals surface area contributed by atoms with E-state index < -0.39 is 11.2 Å². The van der Waals surface area contributed by atoms with Crippen LogP contribution in [0.25, 0.3) is 0 Å². The normalized spacial score (nSPS) is 20.2. The maximum Gasteiger partial charge on any atom is 0.251 e. The van der Waals surface area contributed by atoms with E-state index in [4.69, 9.17) is 25.8 Å². The molecule has 4 aliphatic rings. The van der Waals surface area contributed by atoms with Gasteiger partial charge in [-0.2, -0.15) is 0 Å². The number of fused-ring (bicyclic) bond motifs is 6. The van der Waals surface area contributed by atoms with Crippen LogP contribution in [0.1, 0.15) is 75.9 Å². The van der Waals surface area contributed by atoms with Crippen molar-refractivity contribution in [3.05, 3.63) is 82.4 Å². The minimum atomic E-state index is -1.36. The Morgan fingerprint density at radius 3 is 1.90 bits per heavy atom. The molecule has 3 aromatic carbocycles. The first kappa shape index (κ1) is 43.1. The van der Waals surface area contributed by atoms with Crippen LogP contribution in [0.3, 0.4) is 0 Å². The highest BCUT2D eigenvalue weighted by atomic mass is 35.5. The molecule has 0 saturated carbocycles. The molecular weight excluding hydrogens is 784 g/mol. The van der Waals surface area contributed by atoms with Gasteiger partial charge in [-0.1, -0.05) is 25.0 Å². The number of carbonyl (C=O) groups excluding carboxylic acids is 4. The molecule has 320 valence electrons. The monoisotopic (exact) mass is 840 g/mol. The van der Waals surface area contributed by atoms with Crippen LogP contribution in [0, 0.1) is 17.2 Å². The van der Waals surface area contributed by atoms with Crippen molar-refractivity contribution in [1.82, 2.24) is 15.1 Å². The molecule has 3 aromatic rings. The van der Waals surface area contributed by atoms with Gasteiger partial charge in [0.1, 0.15) is 11.5 Å². The molecule has 7 rings (SSSR count). The summed E-state index contributed by atoms with van der Waals surface area (Å²) >= 11 is 5.73. The second kappa shape index (κ2) is 18.7. The van der Waals surface area contributed by atoms with Crippen molar-refractivity contribution in [1.29, 1.82) is 5.41 Å². The van der Waals surface area contributed by atoms with Crippen molar-refractivity contribution >= 4 is 52.2 Å². The number of ketones is 1. The Labute approximate surface area is 357 Å². The van der Waals surface area contributed by atoms with Crippen LogP contribution < -0.4 is 19.9 Å². The molecule has 0 radical (unpaired) electrons. The lowest BCUT2D eigenvalue weighted by Crippen LogP contribution is -2.39. The first-order valence-electron chi connectivity index (χ1n) is 21.1. The van der Waals surface area contributed by atoms with Crippen LogP contribution in [0.2, 0.25) is 0 Å². The number of ether oxygens (including phenoxy) is 3. The quantitative estimate of drug-likeness (QED) is 0.129. The van der Waals surface area contributed by atoms with E-state index in [1.807, 2.05) is 36.4 Å². The van der Waals surface area contributed by atoms with Crippen LogP contribution in [-0.2, 0) is 24.5 Å². The number of benzene rings is 3. The fraction of sp³-hybridized carbons (Fsp3) is 0.500. The highest BCUT2D eigenvalue weighted by molar-refractivity contribution is 6.53. The minimum absolute atomic E-state index is 0.0933. The summed E-state index contributed by atoms with van der Waals surface area (Å²) in [7, 11) is 7.10. The van der Waals surface area contributed by atoms with Gasteiger partial charge >= 0.3 is 0 Å². The van der Waals surface area contributed by atoms with Gasteiger partial charge in [0.2, 0.25) is 17.6 Å². The second-order valence-electron chi connectivity index (χ2n) is 16.6. The standard InChI is InChI=1S/C46H57ClN6O7/c1-50(2)44(56)31-15-19-52(28-31)33-10-13-36-39(26-33)60-40-27-34(53-20-16-32(29-53)45(57)51(3)4)11-14-37(40)46(36)38-25-30(9-12-35(38)41(54)42(46)48)43(55)49-18-22-59-24-23-58-21-8-6-5-7-17-47/h9-14,25-27,31-32,48H,5-8,15-24,28-29H2,1-4H3,(H,49,55). The van der Waals surface area contributed by atoms with E-state index in [1.54, 1.807) is 56.2 Å². The Morgan fingerprint density at radius 1 is 0.767 bits per heavy atom. The molecule has 3 aliphatic heterocycles. The van der Waals surface area contributed by atoms with Crippen molar-refractivity contribution < 1.29 is 33.4 Å². The zero-order valence-corrected chi connectivity index (χ0v) is 35.9. The molecule has 3 amide bonds. The van der Waals surface area contributed by atoms with Crippen LogP contribution in [0.15, 0.2) is 54.6 Å². The van der Waals surface area contributed by atoms with Crippen LogP contribution >= 0.6 is 11.6 Å². The van der Waals surface area contributed by atoms with E-state index >= 15 is 0 Å². The highest BCUT2D eigenvalue weighted by Crippen LogP contribution is 2.57. The van der Waals surface area contributed by atoms with E-state index in [-0.39, 0.29) is 41.8 Å². The number of Topliss-reactive ketones (excluding diaryl/α,β-unsaturated/α-hetero) is 1. The Hall–Kier alpha value is -4.98. The third-order valence-corrected chi connectivity index (χ3v) is 12.5. The lowest BCUT2D eigenvalue weighted by molar-refractivity contribution is -0.132. The fourth-order valence-corrected chi connectivity index (χ4v) is 9.29. The van der Waals surface area contributed by atoms with Crippen molar-refractivity contribution in [3.8, 4) is 11.5 Å². The van der Waals surface area contributed by atoms with E-state index in [0.717, 1.165) is 49.9 Å². The molecule has 0 aromatic heterocycles.